The van der Waals surface area contributed by atoms with Gasteiger partial charge < -0.3 is 20.1 Å². The average molecular weight is 208 g/mol. The maximum atomic E-state index is 5.32. The first-order chi connectivity index (χ1) is 7.31. The number of hydrogen-bond donors (Lipinski definition) is 2. The molecule has 1 heterocycles. The third kappa shape index (κ3) is 2.15. The Balaban J connectivity index is 2.10. The zero-order chi connectivity index (χ0) is 10.7. The van der Waals surface area contributed by atoms with Crippen LogP contribution in [0.5, 0.6) is 11.5 Å². The molecule has 0 amide bonds. The van der Waals surface area contributed by atoms with Gasteiger partial charge in [0.1, 0.15) is 0 Å². The van der Waals surface area contributed by atoms with Crippen molar-refractivity contribution < 1.29 is 9.47 Å². The standard InChI is InChI=1S/C11H16N2O2/c1-8-5-10-11(15-7-14-10)6-9(8)13-4-3-12-2/h5-6,12-13H,3-4,7H2,1-2H3. The highest BCUT2D eigenvalue weighted by atomic mass is 16.7. The van der Waals surface area contributed by atoms with Crippen LogP contribution < -0.4 is 20.1 Å². The van der Waals surface area contributed by atoms with Gasteiger partial charge in [-0.15, -0.1) is 0 Å². The first kappa shape index (κ1) is 10.1. The SMILES string of the molecule is CNCCNc1cc2c(cc1C)OCO2. The predicted octanol–water partition coefficient (Wildman–Crippen LogP) is 1.36. The van der Waals surface area contributed by atoms with Crippen LogP contribution >= 0.6 is 0 Å². The van der Waals surface area contributed by atoms with E-state index in [9.17, 15) is 0 Å². The van der Waals surface area contributed by atoms with E-state index in [1.807, 2.05) is 19.2 Å². The molecule has 1 aliphatic heterocycles. The highest BCUT2D eigenvalue weighted by Crippen LogP contribution is 2.36. The largest absolute Gasteiger partial charge is 0.454 e. The van der Waals surface area contributed by atoms with Gasteiger partial charge in [-0.3, -0.25) is 0 Å². The molecule has 0 unspecified atom stereocenters. The lowest BCUT2D eigenvalue weighted by Crippen LogP contribution is -2.18. The predicted molar refractivity (Wildman–Crippen MR) is 59.7 cm³/mol. The number of likely N-dealkylation sites (N-methyl/N-ethyl adjacent to an activating group) is 1. The van der Waals surface area contributed by atoms with Crippen molar-refractivity contribution in [3.63, 3.8) is 0 Å². The Morgan fingerprint density at radius 3 is 2.67 bits per heavy atom. The fourth-order valence-corrected chi connectivity index (χ4v) is 1.56. The van der Waals surface area contributed by atoms with Gasteiger partial charge in [-0.05, 0) is 25.6 Å². The van der Waals surface area contributed by atoms with Crippen molar-refractivity contribution in [1.29, 1.82) is 0 Å². The second-order valence-corrected chi connectivity index (χ2v) is 3.55. The maximum absolute atomic E-state index is 5.32. The number of aryl methyl sites for hydroxylation is 1. The third-order valence-corrected chi connectivity index (χ3v) is 2.41. The van der Waals surface area contributed by atoms with Crippen LogP contribution in [0.25, 0.3) is 0 Å². The van der Waals surface area contributed by atoms with Crippen molar-refractivity contribution in [2.45, 2.75) is 6.92 Å². The first-order valence-corrected chi connectivity index (χ1v) is 5.10. The lowest BCUT2D eigenvalue weighted by Gasteiger charge is -2.10. The average Bonchev–Trinajstić information content (AvgIpc) is 2.65. The molecule has 82 valence electrons. The summed E-state index contributed by atoms with van der Waals surface area (Å²) in [6.45, 7) is 4.23. The van der Waals surface area contributed by atoms with Crippen molar-refractivity contribution in [1.82, 2.24) is 5.32 Å². The Bertz CT molecular complexity index is 353. The van der Waals surface area contributed by atoms with E-state index in [1.165, 1.54) is 5.56 Å². The van der Waals surface area contributed by atoms with E-state index in [4.69, 9.17) is 9.47 Å². The smallest absolute Gasteiger partial charge is 0.231 e. The van der Waals surface area contributed by atoms with Gasteiger partial charge in [0.2, 0.25) is 6.79 Å². The van der Waals surface area contributed by atoms with E-state index in [1.54, 1.807) is 0 Å². The molecule has 1 aromatic carbocycles. The second-order valence-electron chi connectivity index (χ2n) is 3.55. The molecule has 4 nitrogen and oxygen atoms in total. The molecular formula is C11H16N2O2. The lowest BCUT2D eigenvalue weighted by atomic mass is 10.2. The number of anilines is 1. The fraction of sp³-hybridized carbons (Fsp3) is 0.455. The summed E-state index contributed by atoms with van der Waals surface area (Å²) < 4.78 is 10.6. The third-order valence-electron chi connectivity index (χ3n) is 2.41. The number of nitrogens with one attached hydrogen (secondary N) is 2. The minimum absolute atomic E-state index is 0.328. The van der Waals surface area contributed by atoms with Crippen LogP contribution in [0.2, 0.25) is 0 Å². The number of fused-ring (bicyclic) bond motifs is 1. The van der Waals surface area contributed by atoms with E-state index in [0.717, 1.165) is 30.3 Å². The van der Waals surface area contributed by atoms with Gasteiger partial charge in [0, 0.05) is 24.8 Å². The minimum Gasteiger partial charge on any atom is -0.454 e. The van der Waals surface area contributed by atoms with Gasteiger partial charge in [-0.25, -0.2) is 0 Å². The van der Waals surface area contributed by atoms with Crippen LogP contribution in [0, 0.1) is 6.92 Å². The summed E-state index contributed by atoms with van der Waals surface area (Å²) in [6, 6.07) is 4.00. The Morgan fingerprint density at radius 2 is 1.93 bits per heavy atom. The van der Waals surface area contributed by atoms with Gasteiger partial charge in [-0.2, -0.15) is 0 Å². The topological polar surface area (TPSA) is 42.5 Å². The Morgan fingerprint density at radius 1 is 1.20 bits per heavy atom. The summed E-state index contributed by atoms with van der Waals surface area (Å²) in [5, 5.41) is 6.44. The fourth-order valence-electron chi connectivity index (χ4n) is 1.56. The van der Waals surface area contributed by atoms with Crippen LogP contribution in [-0.4, -0.2) is 26.9 Å². The van der Waals surface area contributed by atoms with E-state index in [-0.39, 0.29) is 0 Å². The first-order valence-electron chi connectivity index (χ1n) is 5.10. The van der Waals surface area contributed by atoms with Crippen molar-refractivity contribution in [2.24, 2.45) is 0 Å². The van der Waals surface area contributed by atoms with Crippen LogP contribution in [-0.2, 0) is 0 Å². The van der Waals surface area contributed by atoms with Crippen molar-refractivity contribution in [3.05, 3.63) is 17.7 Å². The molecule has 0 bridgehead atoms. The Kier molecular flexibility index (Phi) is 2.97. The molecule has 1 aromatic rings. The molecule has 0 saturated carbocycles. The zero-order valence-corrected chi connectivity index (χ0v) is 9.09. The van der Waals surface area contributed by atoms with Gasteiger partial charge in [-0.1, -0.05) is 0 Å². The van der Waals surface area contributed by atoms with Gasteiger partial charge in [0.15, 0.2) is 11.5 Å². The highest BCUT2D eigenvalue weighted by molar-refractivity contribution is 5.60. The van der Waals surface area contributed by atoms with Gasteiger partial charge in [0.25, 0.3) is 0 Å². The molecule has 0 radical (unpaired) electrons. The van der Waals surface area contributed by atoms with Crippen molar-refractivity contribution in [2.75, 3.05) is 32.2 Å². The summed E-state index contributed by atoms with van der Waals surface area (Å²) in [6.07, 6.45) is 0. The number of ether oxygens (including phenoxy) is 2. The highest BCUT2D eigenvalue weighted by Gasteiger charge is 2.15. The molecule has 0 atom stereocenters. The molecule has 4 heteroatoms. The summed E-state index contributed by atoms with van der Waals surface area (Å²) in [5.74, 6) is 1.67. The van der Waals surface area contributed by atoms with E-state index in [2.05, 4.69) is 17.6 Å². The van der Waals surface area contributed by atoms with Gasteiger partial charge >= 0.3 is 0 Å². The van der Waals surface area contributed by atoms with Crippen molar-refractivity contribution in [3.8, 4) is 11.5 Å². The molecule has 0 aliphatic carbocycles. The number of rotatable bonds is 4. The van der Waals surface area contributed by atoms with E-state index >= 15 is 0 Å². The lowest BCUT2D eigenvalue weighted by molar-refractivity contribution is 0.174. The zero-order valence-electron chi connectivity index (χ0n) is 9.09. The maximum Gasteiger partial charge on any atom is 0.231 e. The monoisotopic (exact) mass is 208 g/mol. The molecule has 0 spiro atoms. The summed E-state index contributed by atoms with van der Waals surface area (Å²) >= 11 is 0. The number of benzene rings is 1. The molecule has 0 fully saturated rings. The van der Waals surface area contributed by atoms with E-state index < -0.39 is 0 Å². The Labute approximate surface area is 89.6 Å². The molecule has 0 saturated heterocycles. The van der Waals surface area contributed by atoms with Gasteiger partial charge in [0.05, 0.1) is 0 Å². The quantitative estimate of drug-likeness (QED) is 0.733. The van der Waals surface area contributed by atoms with Crippen LogP contribution in [0.3, 0.4) is 0 Å². The van der Waals surface area contributed by atoms with Crippen molar-refractivity contribution >= 4 is 5.69 Å². The molecule has 2 N–H and O–H groups in total. The molecule has 0 aromatic heterocycles. The summed E-state index contributed by atoms with van der Waals surface area (Å²) in [5.41, 5.74) is 2.28. The molecule has 15 heavy (non-hydrogen) atoms. The van der Waals surface area contributed by atoms with E-state index in [0.29, 0.717) is 6.79 Å². The second kappa shape index (κ2) is 4.40. The molecule has 2 rings (SSSR count). The van der Waals surface area contributed by atoms with Crippen LogP contribution in [0.1, 0.15) is 5.56 Å². The van der Waals surface area contributed by atoms with Crippen LogP contribution in [0.15, 0.2) is 12.1 Å². The summed E-state index contributed by atoms with van der Waals surface area (Å²) in [7, 11) is 1.94. The normalized spacial score (nSPS) is 12.9. The number of hydrogen-bond acceptors (Lipinski definition) is 4. The minimum atomic E-state index is 0.328. The molecular weight excluding hydrogens is 192 g/mol. The Hall–Kier alpha value is -1.42. The molecule has 1 aliphatic rings. The summed E-state index contributed by atoms with van der Waals surface area (Å²) in [4.78, 5) is 0. The van der Waals surface area contributed by atoms with Crippen LogP contribution in [0.4, 0.5) is 5.69 Å².